The first-order chi connectivity index (χ1) is 14.1. The van der Waals surface area contributed by atoms with Crippen molar-refractivity contribution in [2.24, 2.45) is 0 Å². The molecule has 0 spiro atoms. The second-order valence-electron chi connectivity index (χ2n) is 11.8. The predicted octanol–water partition coefficient (Wildman–Crippen LogP) is 6.28. The molecule has 2 rings (SSSR count). The maximum Gasteiger partial charge on any atom is 0.193 e. The first-order valence-corrected chi connectivity index (χ1v) is 17.2. The maximum atomic E-state index is 10.9. The molecule has 0 saturated heterocycles. The molecule has 31 heavy (non-hydrogen) atoms. The van der Waals surface area contributed by atoms with Crippen LogP contribution in [0.5, 0.6) is 0 Å². The van der Waals surface area contributed by atoms with Gasteiger partial charge in [-0.1, -0.05) is 84.0 Å². The molecule has 176 valence electrons. The molecule has 0 amide bonds. The number of aliphatic hydroxyl groups is 1. The van der Waals surface area contributed by atoms with E-state index < -0.39 is 28.8 Å². The maximum absolute atomic E-state index is 10.9. The monoisotopic (exact) mass is 464 g/mol. The summed E-state index contributed by atoms with van der Waals surface area (Å²) in [7, 11) is -4.17. The molecule has 0 aromatic heterocycles. The Balaban J connectivity index is 2.35. The zero-order valence-electron chi connectivity index (χ0n) is 21.2. The molecule has 1 aliphatic carbocycles. The molecule has 1 aliphatic rings. The van der Waals surface area contributed by atoms with E-state index in [0.29, 0.717) is 6.61 Å². The molecule has 1 N–H and O–H groups in total. The summed E-state index contributed by atoms with van der Waals surface area (Å²) in [6.45, 7) is 22.8. The lowest BCUT2D eigenvalue weighted by molar-refractivity contribution is -0.117. The van der Waals surface area contributed by atoms with E-state index in [1.807, 2.05) is 30.4 Å². The van der Waals surface area contributed by atoms with Gasteiger partial charge in [0.1, 0.15) is 12.2 Å². The Hall–Kier alpha value is -0.766. The quantitative estimate of drug-likeness (QED) is 0.381. The van der Waals surface area contributed by atoms with Crippen LogP contribution in [0.1, 0.15) is 47.1 Å². The van der Waals surface area contributed by atoms with Crippen LogP contribution in [0.15, 0.2) is 42.5 Å². The summed E-state index contributed by atoms with van der Waals surface area (Å²) in [5, 5.41) is 11.0. The third-order valence-corrected chi connectivity index (χ3v) is 16.2. The van der Waals surface area contributed by atoms with Crippen LogP contribution in [0.4, 0.5) is 0 Å². The van der Waals surface area contributed by atoms with Gasteiger partial charge >= 0.3 is 0 Å². The minimum absolute atomic E-state index is 0.0354. The Bertz CT molecular complexity index is 732. The van der Waals surface area contributed by atoms with Crippen LogP contribution < -0.4 is 0 Å². The van der Waals surface area contributed by atoms with E-state index in [9.17, 15) is 5.11 Å². The smallest absolute Gasteiger partial charge is 0.193 e. The standard InChI is InChI=1S/C25H44O4Si2/c1-24(2,3)30(7,8)28-21-17-16-20(26)22(29-31(9,10)25(4,5)6)23(21)27-18-19-14-12-11-13-15-19/h11-17,20-23,26H,18H2,1-10H3/t20-,21-,22+,23+/m1/s1. The Morgan fingerprint density at radius 3 is 1.81 bits per heavy atom. The lowest BCUT2D eigenvalue weighted by Gasteiger charge is -2.47. The van der Waals surface area contributed by atoms with Crippen molar-refractivity contribution < 1.29 is 18.7 Å². The van der Waals surface area contributed by atoms with E-state index in [0.717, 1.165) is 5.56 Å². The minimum atomic E-state index is -2.13. The Morgan fingerprint density at radius 1 is 0.774 bits per heavy atom. The van der Waals surface area contributed by atoms with Gasteiger partial charge in [-0.05, 0) is 41.8 Å². The molecule has 0 heterocycles. The van der Waals surface area contributed by atoms with Gasteiger partial charge < -0.3 is 18.7 Å². The van der Waals surface area contributed by atoms with Crippen molar-refractivity contribution in [1.29, 1.82) is 0 Å². The molecular formula is C25H44O4Si2. The molecule has 6 heteroatoms. The molecule has 1 aromatic rings. The fourth-order valence-corrected chi connectivity index (χ4v) is 5.61. The summed E-state index contributed by atoms with van der Waals surface area (Å²) in [5.74, 6) is 0. The lowest BCUT2D eigenvalue weighted by Crippen LogP contribution is -2.58. The van der Waals surface area contributed by atoms with Crippen LogP contribution in [0.3, 0.4) is 0 Å². The highest BCUT2D eigenvalue weighted by atomic mass is 28.4. The van der Waals surface area contributed by atoms with Gasteiger partial charge in [0.15, 0.2) is 16.6 Å². The normalized spacial score (nSPS) is 25.6. The van der Waals surface area contributed by atoms with Crippen LogP contribution >= 0.6 is 0 Å². The zero-order chi connectivity index (χ0) is 23.7. The van der Waals surface area contributed by atoms with Crippen LogP contribution in [0.2, 0.25) is 36.3 Å². The summed E-state index contributed by atoms with van der Waals surface area (Å²) in [5.41, 5.74) is 1.10. The van der Waals surface area contributed by atoms with Gasteiger partial charge in [-0.25, -0.2) is 0 Å². The van der Waals surface area contributed by atoms with Gasteiger partial charge in [-0.3, -0.25) is 0 Å². The van der Waals surface area contributed by atoms with Crippen LogP contribution in [-0.4, -0.2) is 46.2 Å². The van der Waals surface area contributed by atoms with Crippen molar-refractivity contribution in [2.45, 2.75) is 109 Å². The molecule has 0 bridgehead atoms. The summed E-state index contributed by atoms with van der Waals surface area (Å²) < 4.78 is 20.0. The number of aliphatic hydroxyl groups excluding tert-OH is 1. The zero-order valence-corrected chi connectivity index (χ0v) is 23.2. The summed E-state index contributed by atoms with van der Waals surface area (Å²) in [4.78, 5) is 0. The third-order valence-electron chi connectivity index (χ3n) is 7.24. The number of ether oxygens (including phenoxy) is 1. The summed E-state index contributed by atoms with van der Waals surface area (Å²) in [6.07, 6.45) is 2.02. The number of hydrogen-bond donors (Lipinski definition) is 1. The van der Waals surface area contributed by atoms with E-state index >= 15 is 0 Å². The van der Waals surface area contributed by atoms with Gasteiger partial charge in [-0.15, -0.1) is 0 Å². The summed E-state index contributed by atoms with van der Waals surface area (Å²) >= 11 is 0. The highest BCUT2D eigenvalue weighted by Gasteiger charge is 2.48. The van der Waals surface area contributed by atoms with Crippen molar-refractivity contribution in [3.8, 4) is 0 Å². The van der Waals surface area contributed by atoms with Crippen LogP contribution in [0, 0.1) is 0 Å². The summed E-state index contributed by atoms with van der Waals surface area (Å²) in [6, 6.07) is 10.2. The lowest BCUT2D eigenvalue weighted by atomic mass is 9.96. The first kappa shape index (κ1) is 26.5. The van der Waals surface area contributed by atoms with Crippen molar-refractivity contribution in [3.63, 3.8) is 0 Å². The van der Waals surface area contributed by atoms with Gasteiger partial charge in [0.2, 0.25) is 0 Å². The molecule has 0 unspecified atom stereocenters. The SMILES string of the molecule is CC(C)(C)[Si](C)(C)O[C@@H]1[C@@H](OCc2ccccc2)[C@H](O[Si](C)(C)C(C)(C)C)C=C[C@H]1O. The van der Waals surface area contributed by atoms with E-state index in [-0.39, 0.29) is 22.3 Å². The van der Waals surface area contributed by atoms with Gasteiger partial charge in [0.25, 0.3) is 0 Å². The molecule has 0 fully saturated rings. The highest BCUT2D eigenvalue weighted by Crippen LogP contribution is 2.41. The van der Waals surface area contributed by atoms with Gasteiger partial charge in [-0.2, -0.15) is 0 Å². The minimum Gasteiger partial charge on any atom is -0.408 e. The molecular weight excluding hydrogens is 420 g/mol. The molecule has 4 atom stereocenters. The van der Waals surface area contributed by atoms with E-state index in [2.05, 4.69) is 79.9 Å². The Kier molecular flexibility index (Phi) is 8.21. The van der Waals surface area contributed by atoms with Crippen molar-refractivity contribution in [1.82, 2.24) is 0 Å². The average molecular weight is 465 g/mol. The largest absolute Gasteiger partial charge is 0.408 e. The van der Waals surface area contributed by atoms with Gasteiger partial charge in [0, 0.05) is 0 Å². The fraction of sp³-hybridized carbons (Fsp3) is 0.680. The first-order valence-electron chi connectivity index (χ1n) is 11.4. The molecule has 0 aliphatic heterocycles. The predicted molar refractivity (Wildman–Crippen MR) is 134 cm³/mol. The topological polar surface area (TPSA) is 47.9 Å². The second kappa shape index (κ2) is 9.61. The average Bonchev–Trinajstić information content (AvgIpc) is 2.62. The second-order valence-corrected chi connectivity index (χ2v) is 21.3. The molecule has 0 radical (unpaired) electrons. The van der Waals surface area contributed by atoms with E-state index in [1.54, 1.807) is 0 Å². The van der Waals surface area contributed by atoms with Crippen molar-refractivity contribution in [2.75, 3.05) is 0 Å². The van der Waals surface area contributed by atoms with Crippen LogP contribution in [0.25, 0.3) is 0 Å². The molecule has 0 saturated carbocycles. The third kappa shape index (κ3) is 6.62. The number of benzene rings is 1. The fourth-order valence-electron chi connectivity index (χ4n) is 3.06. The van der Waals surface area contributed by atoms with Crippen LogP contribution in [-0.2, 0) is 20.2 Å². The Morgan fingerprint density at radius 2 is 1.29 bits per heavy atom. The van der Waals surface area contributed by atoms with Gasteiger partial charge in [0.05, 0.1) is 18.8 Å². The Labute approximate surface area is 192 Å². The number of rotatable bonds is 7. The highest BCUT2D eigenvalue weighted by molar-refractivity contribution is 6.74. The number of hydrogen-bond acceptors (Lipinski definition) is 4. The molecule has 1 aromatic carbocycles. The van der Waals surface area contributed by atoms with E-state index in [1.165, 1.54) is 0 Å². The van der Waals surface area contributed by atoms with Crippen molar-refractivity contribution in [3.05, 3.63) is 48.0 Å². The van der Waals surface area contributed by atoms with E-state index in [4.69, 9.17) is 13.6 Å². The van der Waals surface area contributed by atoms with Crippen molar-refractivity contribution >= 4 is 16.6 Å². The molecule has 4 nitrogen and oxygen atoms in total.